The molecule has 4 aromatic rings. The monoisotopic (exact) mass is 822 g/mol. The fourth-order valence-electron chi connectivity index (χ4n) is 4.03. The number of carbonyl (C=O) groups is 2. The van der Waals surface area contributed by atoms with Crippen LogP contribution in [0.15, 0.2) is 119 Å². The fraction of sp³-hybridized carbons (Fsp3) is 0.350. The third-order valence-electron chi connectivity index (χ3n) is 7.12. The molecule has 0 unspecified atom stereocenters. The molecule has 4 rings (SSSR count). The van der Waals surface area contributed by atoms with Crippen molar-refractivity contribution in [3.63, 3.8) is 0 Å². The Morgan fingerprint density at radius 2 is 1.12 bits per heavy atom. The number of carboxylic acid groups (broad SMARTS) is 1. The molecule has 0 bridgehead atoms. The minimum absolute atomic E-state index is 0. The molecule has 0 atom stereocenters. The van der Waals surface area contributed by atoms with E-state index < -0.39 is 26.2 Å². The van der Waals surface area contributed by atoms with Gasteiger partial charge in [0.15, 0.2) is 0 Å². The summed E-state index contributed by atoms with van der Waals surface area (Å²) in [6.07, 6.45) is 6.48. The first-order valence-corrected chi connectivity index (χ1v) is 20.5. The van der Waals surface area contributed by atoms with Crippen LogP contribution in [0.3, 0.4) is 0 Å². The number of benzene rings is 4. The number of carboxylic acids is 1. The van der Waals surface area contributed by atoms with Crippen LogP contribution in [0.5, 0.6) is 0 Å². The third-order valence-corrected chi connectivity index (χ3v) is 8.84. The van der Waals surface area contributed by atoms with Gasteiger partial charge in [0.2, 0.25) is 0 Å². The van der Waals surface area contributed by atoms with Crippen molar-refractivity contribution in [3.05, 3.63) is 131 Å². The summed E-state index contributed by atoms with van der Waals surface area (Å²) in [7, 11) is -8.29. The number of rotatable bonds is 15. The summed E-state index contributed by atoms with van der Waals surface area (Å²) in [6, 6.07) is 31.0. The lowest BCUT2D eigenvalue weighted by molar-refractivity contribution is -0.368. The molecule has 0 radical (unpaired) electrons. The Labute approximate surface area is 331 Å². The first kappa shape index (κ1) is 53.6. The highest BCUT2D eigenvalue weighted by Gasteiger charge is 2.07. The van der Waals surface area contributed by atoms with Crippen LogP contribution < -0.4 is 11.5 Å². The van der Waals surface area contributed by atoms with Crippen molar-refractivity contribution in [2.45, 2.75) is 88.2 Å². The lowest BCUT2D eigenvalue weighted by Crippen LogP contribution is -2.50. The lowest BCUT2D eigenvalue weighted by Gasteiger charge is -2.05. The van der Waals surface area contributed by atoms with Crippen molar-refractivity contribution in [1.82, 2.24) is 0 Å². The minimum Gasteiger partial charge on any atom is -0.744 e. The van der Waals surface area contributed by atoms with Crippen molar-refractivity contribution >= 4 is 32.2 Å². The van der Waals surface area contributed by atoms with Gasteiger partial charge in [-0.2, -0.15) is 8.42 Å². The second-order valence-corrected chi connectivity index (χ2v) is 14.8. The smallest absolute Gasteiger partial charge is 0.306 e. The van der Waals surface area contributed by atoms with Crippen LogP contribution in [0.4, 0.5) is 0 Å². The summed E-state index contributed by atoms with van der Waals surface area (Å²) in [5.74, 6) is -0.820. The fourth-order valence-corrected chi connectivity index (χ4v) is 4.98. The van der Waals surface area contributed by atoms with Gasteiger partial charge in [0, 0.05) is 12.8 Å². The Kier molecular flexibility index (Phi) is 30.3. The van der Waals surface area contributed by atoms with Crippen LogP contribution in [-0.4, -0.2) is 66.7 Å². The molecular weight excluding hydrogens is 765 g/mol. The van der Waals surface area contributed by atoms with Crippen LogP contribution in [0, 0.1) is 13.8 Å². The number of quaternary nitrogens is 1. The zero-order valence-electron chi connectivity index (χ0n) is 32.1. The average molecular weight is 823 g/mol. The maximum absolute atomic E-state index is 11.3. The van der Waals surface area contributed by atoms with Crippen LogP contribution in [0.2, 0.25) is 0 Å². The molecule has 0 aromatic heterocycles. The average Bonchev–Trinajstić information content (AvgIpc) is 3.16. The predicted octanol–water partition coefficient (Wildman–Crippen LogP) is 4.62. The maximum atomic E-state index is 11.3. The number of hydrogen-bond donors (Lipinski definition) is 5. The summed E-state index contributed by atoms with van der Waals surface area (Å²) >= 11 is 0. The van der Waals surface area contributed by atoms with Gasteiger partial charge in [-0.1, -0.05) is 102 Å². The van der Waals surface area contributed by atoms with Gasteiger partial charge >= 0.3 is 11.9 Å². The van der Waals surface area contributed by atoms with Gasteiger partial charge in [0.05, 0.1) is 22.9 Å². The van der Waals surface area contributed by atoms with E-state index in [0.717, 1.165) is 67.3 Å². The molecule has 56 heavy (non-hydrogen) atoms. The van der Waals surface area contributed by atoms with Crippen LogP contribution in [-0.2, 0) is 47.8 Å². The van der Waals surface area contributed by atoms with E-state index in [1.165, 1.54) is 24.3 Å². The molecule has 0 aliphatic heterocycles. The molecule has 4 aromatic carbocycles. The molecule has 312 valence electrons. The van der Waals surface area contributed by atoms with Crippen molar-refractivity contribution in [1.29, 1.82) is 0 Å². The highest BCUT2D eigenvalue weighted by atomic mass is 32.2. The molecular formula is C40H58N2O12S2. The van der Waals surface area contributed by atoms with E-state index in [0.29, 0.717) is 19.6 Å². The highest BCUT2D eigenvalue weighted by Crippen LogP contribution is 2.10. The van der Waals surface area contributed by atoms with E-state index in [1.54, 1.807) is 24.3 Å². The second-order valence-electron chi connectivity index (χ2n) is 12.0. The number of ether oxygens (including phenoxy) is 1. The van der Waals surface area contributed by atoms with Crippen molar-refractivity contribution in [3.8, 4) is 0 Å². The molecule has 0 aliphatic rings. The molecule has 0 saturated heterocycles. The first-order valence-electron chi connectivity index (χ1n) is 17.7. The Hall–Kier alpha value is -4.52. The Morgan fingerprint density at radius 3 is 1.52 bits per heavy atom. The summed E-state index contributed by atoms with van der Waals surface area (Å²) in [4.78, 5) is 21.0. The predicted molar refractivity (Wildman–Crippen MR) is 214 cm³/mol. The van der Waals surface area contributed by atoms with E-state index in [4.69, 9.17) is 25.2 Å². The number of carbonyl (C=O) groups excluding carboxylic acids is 1. The SMILES string of the molecule is Cc1ccc(S(=O)(=O)O)cc1.Cc1ccc(S(=O)(=O)[O-])cc1.NCCCCCC(=O)O.O.OCc1ccccc1.[NH3+]CCCCCC(=O)OCc1ccccc1. The Balaban J connectivity index is 0. The van der Waals surface area contributed by atoms with E-state index in [1.807, 2.05) is 74.5 Å². The number of aliphatic carboxylic acids is 1. The summed E-state index contributed by atoms with van der Waals surface area (Å²) in [5, 5.41) is 16.7. The minimum atomic E-state index is -4.27. The van der Waals surface area contributed by atoms with Crippen molar-refractivity contribution in [2.24, 2.45) is 5.73 Å². The van der Waals surface area contributed by atoms with E-state index in [9.17, 15) is 31.0 Å². The third kappa shape index (κ3) is 29.8. The molecule has 10 N–H and O–H groups in total. The number of aliphatic hydroxyl groups excluding tert-OH is 1. The lowest BCUT2D eigenvalue weighted by atomic mass is 10.2. The Morgan fingerprint density at radius 1 is 0.679 bits per heavy atom. The zero-order chi connectivity index (χ0) is 41.5. The number of esters is 1. The van der Waals surface area contributed by atoms with Crippen LogP contribution >= 0.6 is 0 Å². The van der Waals surface area contributed by atoms with Crippen molar-refractivity contribution in [2.75, 3.05) is 13.1 Å². The van der Waals surface area contributed by atoms with Crippen LogP contribution in [0.1, 0.15) is 73.6 Å². The van der Waals surface area contributed by atoms with Gasteiger partial charge in [0.25, 0.3) is 10.1 Å². The Bertz CT molecular complexity index is 1740. The van der Waals surface area contributed by atoms with Gasteiger partial charge < -0.3 is 36.4 Å². The molecule has 0 aliphatic carbocycles. The van der Waals surface area contributed by atoms with E-state index >= 15 is 0 Å². The number of nitrogens with two attached hydrogens (primary N) is 1. The molecule has 0 heterocycles. The van der Waals surface area contributed by atoms with Gasteiger partial charge in [-0.25, -0.2) is 8.42 Å². The number of aliphatic hydroxyl groups is 1. The molecule has 14 nitrogen and oxygen atoms in total. The van der Waals surface area contributed by atoms with E-state index in [2.05, 4.69) is 5.73 Å². The number of aryl methyl sites for hydroxylation is 2. The standard InChI is InChI=1S/C13H19NO2.2C7H8O3S.C7H8O.C6H13NO2.H2O/c14-10-6-2-5-9-13(15)16-11-12-7-3-1-4-8-12;2*1-6-2-4-7(5-3-6)11(8,9)10;8-6-7-4-2-1-3-5-7;7-5-3-1-2-4-6(8)9;/h1,3-4,7-8H,2,5-6,9-11,14H2;2*2-5H,1H3,(H,8,9,10);1-5,8H,6H2;1-5,7H2,(H,8,9);1H2. The van der Waals surface area contributed by atoms with Gasteiger partial charge in [-0.05, 0) is 87.9 Å². The normalized spacial score (nSPS) is 10.2. The van der Waals surface area contributed by atoms with Crippen molar-refractivity contribution < 1.29 is 61.7 Å². The van der Waals surface area contributed by atoms with Crippen LogP contribution in [0.25, 0.3) is 0 Å². The quantitative estimate of drug-likeness (QED) is 0.0624. The maximum Gasteiger partial charge on any atom is 0.306 e. The molecule has 0 fully saturated rings. The van der Waals surface area contributed by atoms with Gasteiger partial charge in [-0.3, -0.25) is 14.1 Å². The topological polar surface area (TPSA) is 281 Å². The highest BCUT2D eigenvalue weighted by molar-refractivity contribution is 7.86. The number of unbranched alkanes of at least 4 members (excludes halogenated alkanes) is 4. The molecule has 0 saturated carbocycles. The van der Waals surface area contributed by atoms with Gasteiger partial charge in [-0.15, -0.1) is 0 Å². The second kappa shape index (κ2) is 31.7. The number of hydrogen-bond acceptors (Lipinski definition) is 10. The van der Waals surface area contributed by atoms with Gasteiger partial charge in [0.1, 0.15) is 16.7 Å². The summed E-state index contributed by atoms with van der Waals surface area (Å²) in [6.45, 7) is 5.80. The molecule has 0 spiro atoms. The molecule has 16 heteroatoms. The largest absolute Gasteiger partial charge is 0.744 e. The summed E-state index contributed by atoms with van der Waals surface area (Å²) in [5.41, 5.74) is 12.8. The molecule has 0 amide bonds. The van der Waals surface area contributed by atoms with E-state index in [-0.39, 0.29) is 34.3 Å². The zero-order valence-corrected chi connectivity index (χ0v) is 33.7. The first-order chi connectivity index (χ1) is 26.0. The summed E-state index contributed by atoms with van der Waals surface area (Å²) < 4.78 is 65.9.